The van der Waals surface area contributed by atoms with Crippen molar-refractivity contribution in [1.29, 1.82) is 0 Å². The number of carbonyl (C=O) groups is 1. The third-order valence-electron chi connectivity index (χ3n) is 8.47. The molecule has 6 rings (SSSR count). The maximum atomic E-state index is 13.1. The molecule has 4 heterocycles. The molecule has 0 saturated heterocycles. The first kappa shape index (κ1) is 42.9. The van der Waals surface area contributed by atoms with Gasteiger partial charge in [-0.05, 0) is 67.8 Å². The van der Waals surface area contributed by atoms with Crippen molar-refractivity contribution in [2.24, 2.45) is 0 Å². The van der Waals surface area contributed by atoms with Crippen molar-refractivity contribution < 1.29 is 26.7 Å². The van der Waals surface area contributed by atoms with Crippen molar-refractivity contribution in [3.8, 4) is 33.9 Å². The Hall–Kier alpha value is -6.19. The highest BCUT2D eigenvalue weighted by Crippen LogP contribution is 2.20. The number of sulfonamides is 2. The molecule has 4 aromatic heterocycles. The van der Waals surface area contributed by atoms with E-state index in [-0.39, 0.29) is 39.8 Å². The van der Waals surface area contributed by atoms with E-state index in [2.05, 4.69) is 29.9 Å². The second-order valence-electron chi connectivity index (χ2n) is 12.9. The molecule has 6 aromatic rings. The molecular formula is C38H40N10O8S2. The Morgan fingerprint density at radius 1 is 0.621 bits per heavy atom. The highest BCUT2D eigenvalue weighted by Gasteiger charge is 2.20. The molecular weight excluding hydrogens is 789 g/mol. The topological polar surface area (TPSA) is 233 Å². The highest BCUT2D eigenvalue weighted by atomic mass is 32.2. The number of rotatable bonds is 14. The van der Waals surface area contributed by atoms with E-state index in [1.54, 1.807) is 36.7 Å². The molecule has 0 atom stereocenters. The maximum absolute atomic E-state index is 13.1. The van der Waals surface area contributed by atoms with E-state index in [0.717, 1.165) is 14.9 Å². The maximum Gasteiger partial charge on any atom is 0.281 e. The van der Waals surface area contributed by atoms with Gasteiger partial charge in [0.15, 0.2) is 0 Å². The summed E-state index contributed by atoms with van der Waals surface area (Å²) >= 11 is 0. The van der Waals surface area contributed by atoms with Gasteiger partial charge in [0.1, 0.15) is 30.3 Å². The van der Waals surface area contributed by atoms with Crippen molar-refractivity contribution in [1.82, 2.24) is 47.6 Å². The van der Waals surface area contributed by atoms with E-state index >= 15 is 0 Å². The summed E-state index contributed by atoms with van der Waals surface area (Å²) in [6.45, 7) is 0.00167. The molecule has 0 aliphatic rings. The van der Waals surface area contributed by atoms with Crippen LogP contribution in [0.4, 0.5) is 0 Å². The molecule has 0 spiro atoms. The fraction of sp³-hybridized carbons (Fsp3) is 0.237. The Kier molecular flexibility index (Phi) is 13.9. The number of aliphatic hydroxyl groups excluding tert-OH is 1. The van der Waals surface area contributed by atoms with Crippen LogP contribution in [0.5, 0.6) is 0 Å². The first-order chi connectivity index (χ1) is 27.7. The molecule has 0 aliphatic heterocycles. The zero-order chi connectivity index (χ0) is 42.0. The molecule has 58 heavy (non-hydrogen) atoms. The molecule has 0 aliphatic carbocycles. The van der Waals surface area contributed by atoms with Crippen LogP contribution in [0.2, 0.25) is 0 Å². The molecule has 0 unspecified atom stereocenters. The van der Waals surface area contributed by atoms with Crippen LogP contribution < -0.4 is 11.1 Å². The quantitative estimate of drug-likeness (QED) is 0.155. The monoisotopic (exact) mass is 828 g/mol. The van der Waals surface area contributed by atoms with E-state index in [4.69, 9.17) is 5.11 Å². The van der Waals surface area contributed by atoms with Crippen LogP contribution in [0.3, 0.4) is 0 Å². The number of benzene rings is 2. The predicted molar refractivity (Wildman–Crippen MR) is 213 cm³/mol. The Labute approximate surface area is 334 Å². The number of aliphatic hydroxyl groups is 1. The number of nitrogens with zero attached hydrogens (tertiary/aromatic N) is 10. The molecule has 0 fully saturated rings. The molecule has 0 saturated carbocycles. The highest BCUT2D eigenvalue weighted by molar-refractivity contribution is 7.89. The lowest BCUT2D eigenvalue weighted by molar-refractivity contribution is -0.107. The van der Waals surface area contributed by atoms with Crippen molar-refractivity contribution >= 4 is 26.3 Å². The first-order valence-corrected chi connectivity index (χ1v) is 20.4. The van der Waals surface area contributed by atoms with E-state index in [1.807, 2.05) is 0 Å². The van der Waals surface area contributed by atoms with Crippen LogP contribution in [-0.2, 0) is 37.7 Å². The van der Waals surface area contributed by atoms with Gasteiger partial charge in [-0.15, -0.1) is 0 Å². The third-order valence-corrected chi connectivity index (χ3v) is 12.1. The molecule has 18 nitrogen and oxygen atoms in total. The average Bonchev–Trinajstić information content (AvgIpc) is 3.23. The van der Waals surface area contributed by atoms with Gasteiger partial charge in [0.25, 0.3) is 11.1 Å². The molecule has 2 aromatic carbocycles. The van der Waals surface area contributed by atoms with Crippen LogP contribution >= 0.6 is 0 Å². The zero-order valence-corrected chi connectivity index (χ0v) is 33.6. The largest absolute Gasteiger partial charge is 0.396 e. The van der Waals surface area contributed by atoms with Gasteiger partial charge in [-0.2, -0.15) is 0 Å². The molecule has 302 valence electrons. The molecule has 20 heteroatoms. The predicted octanol–water partition coefficient (Wildman–Crippen LogP) is 1.94. The van der Waals surface area contributed by atoms with Gasteiger partial charge in [0.05, 0.1) is 21.2 Å². The molecule has 0 bridgehead atoms. The van der Waals surface area contributed by atoms with Crippen LogP contribution in [0.15, 0.2) is 118 Å². The summed E-state index contributed by atoms with van der Waals surface area (Å²) in [5, 5.41) is 9.13. The minimum Gasteiger partial charge on any atom is -0.396 e. The third kappa shape index (κ3) is 9.84. The zero-order valence-electron chi connectivity index (χ0n) is 31.9. The lowest BCUT2D eigenvalue weighted by Crippen LogP contribution is -2.24. The number of hydrogen-bond donors (Lipinski definition) is 1. The van der Waals surface area contributed by atoms with Crippen LogP contribution in [-0.4, -0.2) is 111 Å². The number of aldehydes is 1. The standard InChI is InChI=1S/C19H21N5O4S.C19H19N5O4S/c2*1-23(2)29(27,28)17-7-5-16(6-8-17)24-12-15(4-3-9-25)22-18(19(24)26)14-10-20-13-21-11-14/h5-8,10-13,25H,3-4,9H2,1-2H3;5-13H,3-4H2,1-2H3. The summed E-state index contributed by atoms with van der Waals surface area (Å²) in [7, 11) is -1.34. The Morgan fingerprint density at radius 2 is 1.00 bits per heavy atom. The average molecular weight is 829 g/mol. The van der Waals surface area contributed by atoms with Gasteiger partial charge in [-0.1, -0.05) is 0 Å². The summed E-state index contributed by atoms with van der Waals surface area (Å²) in [6, 6.07) is 12.0. The summed E-state index contributed by atoms with van der Waals surface area (Å²) in [6.07, 6.45) is 14.2. The van der Waals surface area contributed by atoms with Gasteiger partial charge in [-0.3, -0.25) is 18.7 Å². The molecule has 0 amide bonds. The van der Waals surface area contributed by atoms with Crippen molar-refractivity contribution in [3.05, 3.63) is 130 Å². The van der Waals surface area contributed by atoms with Crippen molar-refractivity contribution in [3.63, 3.8) is 0 Å². The van der Waals surface area contributed by atoms with Gasteiger partial charge in [0.2, 0.25) is 20.0 Å². The lowest BCUT2D eigenvalue weighted by Gasteiger charge is -2.13. The summed E-state index contributed by atoms with van der Waals surface area (Å²) in [5.41, 5.74) is 2.61. The van der Waals surface area contributed by atoms with Crippen molar-refractivity contribution in [2.75, 3.05) is 34.8 Å². The Bertz CT molecular complexity index is 2690. The normalized spacial score (nSPS) is 11.6. The van der Waals surface area contributed by atoms with E-state index in [1.165, 1.54) is 99.0 Å². The van der Waals surface area contributed by atoms with Crippen LogP contribution in [0.1, 0.15) is 24.2 Å². The number of aromatic nitrogens is 8. The van der Waals surface area contributed by atoms with E-state index in [0.29, 0.717) is 53.2 Å². The fourth-order valence-electron chi connectivity index (χ4n) is 5.37. The summed E-state index contributed by atoms with van der Waals surface area (Å²) in [5.74, 6) is 0. The van der Waals surface area contributed by atoms with E-state index in [9.17, 15) is 31.2 Å². The number of aryl methyl sites for hydroxylation is 2. The summed E-state index contributed by atoms with van der Waals surface area (Å²) < 4.78 is 54.1. The smallest absolute Gasteiger partial charge is 0.281 e. The Balaban J connectivity index is 0.000000221. The lowest BCUT2D eigenvalue weighted by atomic mass is 10.2. The minimum absolute atomic E-state index is 0.00167. The Morgan fingerprint density at radius 3 is 1.34 bits per heavy atom. The second-order valence-corrected chi connectivity index (χ2v) is 17.2. The first-order valence-electron chi connectivity index (χ1n) is 17.6. The van der Waals surface area contributed by atoms with E-state index < -0.39 is 25.6 Å². The second kappa shape index (κ2) is 18.8. The van der Waals surface area contributed by atoms with Crippen molar-refractivity contribution in [2.45, 2.75) is 35.5 Å². The fourth-order valence-corrected chi connectivity index (χ4v) is 7.18. The van der Waals surface area contributed by atoms with Gasteiger partial charge in [-0.25, -0.2) is 55.3 Å². The molecule has 0 radical (unpaired) electrons. The van der Waals surface area contributed by atoms with Crippen LogP contribution in [0, 0.1) is 0 Å². The van der Waals surface area contributed by atoms with Gasteiger partial charge >= 0.3 is 0 Å². The number of carbonyl (C=O) groups excluding carboxylic acids is 1. The molecule has 1 N–H and O–H groups in total. The van der Waals surface area contributed by atoms with Gasteiger partial charge in [0, 0.05) is 101 Å². The van der Waals surface area contributed by atoms with Crippen LogP contribution in [0.25, 0.3) is 33.9 Å². The SMILES string of the molecule is CN(C)S(=O)(=O)c1ccc(-n2cc(CCC=O)nc(-c3cncnc3)c2=O)cc1.CN(C)S(=O)(=O)c1ccc(-n2cc(CCCO)nc(-c3cncnc3)c2=O)cc1. The van der Waals surface area contributed by atoms with Gasteiger partial charge < -0.3 is 9.90 Å². The summed E-state index contributed by atoms with van der Waals surface area (Å²) in [4.78, 5) is 61.6. The number of hydrogen-bond acceptors (Lipinski definition) is 14. The minimum atomic E-state index is -3.58.